The second kappa shape index (κ2) is 7.01. The summed E-state index contributed by atoms with van der Waals surface area (Å²) in [5.41, 5.74) is 1.02. The lowest BCUT2D eigenvalue weighted by molar-refractivity contribution is 0.0150. The lowest BCUT2D eigenvalue weighted by atomic mass is 9.95. The summed E-state index contributed by atoms with van der Waals surface area (Å²) in [5.74, 6) is 0.267. The van der Waals surface area contributed by atoms with E-state index in [4.69, 9.17) is 4.74 Å². The third-order valence-corrected chi connectivity index (χ3v) is 3.54. The summed E-state index contributed by atoms with van der Waals surface area (Å²) in [4.78, 5) is 0. The molecule has 0 aromatic heterocycles. The van der Waals surface area contributed by atoms with E-state index in [-0.39, 0.29) is 17.5 Å². The minimum atomic E-state index is -0.188. The van der Waals surface area contributed by atoms with Gasteiger partial charge in [-0.3, -0.25) is 0 Å². The van der Waals surface area contributed by atoms with Crippen LogP contribution in [0.1, 0.15) is 45.7 Å². The molecule has 108 valence electrons. The number of hydrogen-bond donors (Lipinski definition) is 1. The van der Waals surface area contributed by atoms with Crippen LogP contribution in [0.25, 0.3) is 0 Å². The van der Waals surface area contributed by atoms with Gasteiger partial charge in [0.15, 0.2) is 0 Å². The second-order valence-electron chi connectivity index (χ2n) is 5.94. The molecule has 19 heavy (non-hydrogen) atoms. The number of hydrogen-bond acceptors (Lipinski definition) is 2. The molecule has 0 aliphatic heterocycles. The Labute approximate surface area is 116 Å². The predicted molar refractivity (Wildman–Crippen MR) is 77.7 cm³/mol. The molecule has 0 aliphatic rings. The topological polar surface area (TPSA) is 21.3 Å². The van der Waals surface area contributed by atoms with Crippen molar-refractivity contribution >= 4 is 0 Å². The van der Waals surface area contributed by atoms with Crippen LogP contribution in [0.5, 0.6) is 0 Å². The van der Waals surface area contributed by atoms with E-state index in [1.54, 1.807) is 7.11 Å². The minimum absolute atomic E-state index is 0.114. The maximum absolute atomic E-state index is 13.0. The third kappa shape index (κ3) is 5.29. The van der Waals surface area contributed by atoms with Gasteiger partial charge in [0.05, 0.1) is 5.60 Å². The van der Waals surface area contributed by atoms with Gasteiger partial charge in [-0.05, 0) is 50.4 Å². The van der Waals surface area contributed by atoms with Gasteiger partial charge in [0.1, 0.15) is 5.82 Å². The van der Waals surface area contributed by atoms with Crippen LogP contribution in [0, 0.1) is 11.7 Å². The zero-order valence-electron chi connectivity index (χ0n) is 12.7. The zero-order chi connectivity index (χ0) is 14.5. The zero-order valence-corrected chi connectivity index (χ0v) is 12.7. The standard InChI is InChI=1S/C16H26FNO/c1-12(2)15(13-6-8-14(17)9-7-13)18-11-10-16(3,4)19-5/h6-9,12,15,18H,10-11H2,1-5H3. The Kier molecular flexibility index (Phi) is 5.95. The number of benzene rings is 1. The molecule has 0 bridgehead atoms. The number of methoxy groups -OCH3 is 1. The quantitative estimate of drug-likeness (QED) is 0.808. The fraction of sp³-hybridized carbons (Fsp3) is 0.625. The fourth-order valence-electron chi connectivity index (χ4n) is 2.04. The van der Waals surface area contributed by atoms with Gasteiger partial charge in [0.25, 0.3) is 0 Å². The molecule has 1 unspecified atom stereocenters. The van der Waals surface area contributed by atoms with Gasteiger partial charge in [-0.15, -0.1) is 0 Å². The van der Waals surface area contributed by atoms with E-state index < -0.39 is 0 Å². The highest BCUT2D eigenvalue weighted by Gasteiger charge is 2.19. The third-order valence-electron chi connectivity index (χ3n) is 3.54. The Balaban J connectivity index is 2.62. The van der Waals surface area contributed by atoms with Gasteiger partial charge >= 0.3 is 0 Å². The lowest BCUT2D eigenvalue weighted by Crippen LogP contribution is -2.32. The highest BCUT2D eigenvalue weighted by atomic mass is 19.1. The number of nitrogens with one attached hydrogen (secondary N) is 1. The molecule has 0 aliphatic carbocycles. The van der Waals surface area contributed by atoms with Crippen molar-refractivity contribution in [1.82, 2.24) is 5.32 Å². The first-order valence-corrected chi connectivity index (χ1v) is 6.90. The first kappa shape index (κ1) is 16.1. The number of halogens is 1. The molecule has 1 aromatic rings. The smallest absolute Gasteiger partial charge is 0.123 e. The van der Waals surface area contributed by atoms with E-state index in [1.807, 2.05) is 12.1 Å². The van der Waals surface area contributed by atoms with Crippen molar-refractivity contribution in [2.24, 2.45) is 5.92 Å². The van der Waals surface area contributed by atoms with E-state index >= 15 is 0 Å². The predicted octanol–water partition coefficient (Wildman–Crippen LogP) is 3.93. The van der Waals surface area contributed by atoms with Crippen molar-refractivity contribution in [2.45, 2.75) is 45.8 Å². The summed E-state index contributed by atoms with van der Waals surface area (Å²) in [6.07, 6.45) is 0.938. The molecule has 1 atom stereocenters. The first-order valence-electron chi connectivity index (χ1n) is 6.90. The lowest BCUT2D eigenvalue weighted by Gasteiger charge is -2.27. The molecular formula is C16H26FNO. The molecule has 1 rings (SSSR count). The van der Waals surface area contributed by atoms with Gasteiger partial charge in [0, 0.05) is 13.2 Å². The van der Waals surface area contributed by atoms with E-state index in [0.717, 1.165) is 18.5 Å². The van der Waals surface area contributed by atoms with Crippen molar-refractivity contribution < 1.29 is 9.13 Å². The highest BCUT2D eigenvalue weighted by molar-refractivity contribution is 5.20. The summed E-state index contributed by atoms with van der Waals surface area (Å²) < 4.78 is 18.4. The molecule has 0 saturated carbocycles. The van der Waals surface area contributed by atoms with E-state index in [0.29, 0.717) is 5.92 Å². The normalized spacial score (nSPS) is 13.8. The van der Waals surface area contributed by atoms with Crippen LogP contribution in [0.2, 0.25) is 0 Å². The van der Waals surface area contributed by atoms with Crippen LogP contribution in [0.15, 0.2) is 24.3 Å². The summed E-state index contributed by atoms with van der Waals surface area (Å²) in [5, 5.41) is 3.54. The highest BCUT2D eigenvalue weighted by Crippen LogP contribution is 2.22. The molecular weight excluding hydrogens is 241 g/mol. The van der Waals surface area contributed by atoms with Gasteiger partial charge in [-0.25, -0.2) is 4.39 Å². The number of ether oxygens (including phenoxy) is 1. The number of rotatable bonds is 7. The Morgan fingerprint density at radius 3 is 2.26 bits per heavy atom. The Morgan fingerprint density at radius 1 is 1.21 bits per heavy atom. The van der Waals surface area contributed by atoms with E-state index in [1.165, 1.54) is 12.1 Å². The van der Waals surface area contributed by atoms with Crippen molar-refractivity contribution in [3.05, 3.63) is 35.6 Å². The molecule has 2 nitrogen and oxygen atoms in total. The molecule has 0 heterocycles. The summed E-state index contributed by atoms with van der Waals surface area (Å²) in [6, 6.07) is 6.99. The molecule has 0 spiro atoms. The molecule has 3 heteroatoms. The minimum Gasteiger partial charge on any atom is -0.379 e. The SMILES string of the molecule is COC(C)(C)CCNC(c1ccc(F)cc1)C(C)C. The van der Waals surface area contributed by atoms with E-state index in [9.17, 15) is 4.39 Å². The molecule has 0 radical (unpaired) electrons. The van der Waals surface area contributed by atoms with Gasteiger partial charge < -0.3 is 10.1 Å². The van der Waals surface area contributed by atoms with Crippen molar-refractivity contribution in [1.29, 1.82) is 0 Å². The maximum atomic E-state index is 13.0. The summed E-state index contributed by atoms with van der Waals surface area (Å²) in [7, 11) is 1.74. The first-order chi connectivity index (χ1) is 8.85. The van der Waals surface area contributed by atoms with Crippen molar-refractivity contribution in [3.63, 3.8) is 0 Å². The van der Waals surface area contributed by atoms with Crippen molar-refractivity contribution in [3.8, 4) is 0 Å². The Hall–Kier alpha value is -0.930. The Morgan fingerprint density at radius 2 is 1.79 bits per heavy atom. The largest absolute Gasteiger partial charge is 0.379 e. The van der Waals surface area contributed by atoms with Crippen LogP contribution in [-0.2, 0) is 4.74 Å². The summed E-state index contributed by atoms with van der Waals surface area (Å²) >= 11 is 0. The molecule has 0 fully saturated rings. The molecule has 1 aromatic carbocycles. The second-order valence-corrected chi connectivity index (χ2v) is 5.94. The van der Waals surface area contributed by atoms with Gasteiger partial charge in [0.2, 0.25) is 0 Å². The van der Waals surface area contributed by atoms with Crippen LogP contribution in [0.3, 0.4) is 0 Å². The van der Waals surface area contributed by atoms with Gasteiger partial charge in [-0.1, -0.05) is 26.0 Å². The van der Waals surface area contributed by atoms with Crippen molar-refractivity contribution in [2.75, 3.05) is 13.7 Å². The van der Waals surface area contributed by atoms with E-state index in [2.05, 4.69) is 33.0 Å². The molecule has 0 amide bonds. The fourth-order valence-corrected chi connectivity index (χ4v) is 2.04. The van der Waals surface area contributed by atoms with Crippen LogP contribution < -0.4 is 5.32 Å². The molecule has 0 saturated heterocycles. The van der Waals surface area contributed by atoms with Crippen LogP contribution in [0.4, 0.5) is 4.39 Å². The maximum Gasteiger partial charge on any atom is 0.123 e. The van der Waals surface area contributed by atoms with Crippen LogP contribution >= 0.6 is 0 Å². The monoisotopic (exact) mass is 267 g/mol. The Bertz CT molecular complexity index is 373. The summed E-state index contributed by atoms with van der Waals surface area (Å²) in [6.45, 7) is 9.37. The van der Waals surface area contributed by atoms with Crippen LogP contribution in [-0.4, -0.2) is 19.3 Å². The van der Waals surface area contributed by atoms with Gasteiger partial charge in [-0.2, -0.15) is 0 Å². The average Bonchev–Trinajstić information content (AvgIpc) is 2.36. The molecule has 1 N–H and O–H groups in total. The average molecular weight is 267 g/mol.